The molecule has 0 spiro atoms. The molecular weight excluding hydrogens is 564 g/mol. The summed E-state index contributed by atoms with van der Waals surface area (Å²) < 4.78 is 0. The number of nitrogens with zero attached hydrogens (tertiary/aromatic N) is 2. The maximum Gasteiger partial charge on any atom is 0.294 e. The second kappa shape index (κ2) is 33.9. The van der Waals surface area contributed by atoms with Crippen LogP contribution in [0.2, 0.25) is 0 Å². The molecule has 45 heavy (non-hydrogen) atoms. The van der Waals surface area contributed by atoms with Crippen LogP contribution in [0.5, 0.6) is 0 Å². The number of nitro groups is 1. The Morgan fingerprint density at radius 1 is 0.400 bits per heavy atom. The first kappa shape index (κ1) is 43.6. The fraction of sp³-hybridized carbons (Fsp3) is 1.00. The predicted octanol–water partition coefficient (Wildman–Crippen LogP) is 13.5. The Hall–Kier alpha value is -1.40. The molecule has 0 aliphatic heterocycles. The molecule has 268 valence electrons. The minimum absolute atomic E-state index is 0.123. The van der Waals surface area contributed by atoms with Crippen LogP contribution in [0.1, 0.15) is 232 Å². The van der Waals surface area contributed by atoms with Gasteiger partial charge in [0, 0.05) is 24.2 Å². The van der Waals surface area contributed by atoms with Crippen molar-refractivity contribution in [3.63, 3.8) is 0 Å². The van der Waals surface area contributed by atoms with Crippen LogP contribution in [0.4, 0.5) is 0 Å². The SMILES string of the molecule is CCCCCCCCCCCCCCCCCCCCC(CCCCCCCCCCCCCCC)(CCO[N+](=O)[O-])[N+](=O)[O-]. The highest BCUT2D eigenvalue weighted by Crippen LogP contribution is 2.30. The third kappa shape index (κ3) is 29.7. The predicted molar refractivity (Wildman–Crippen MR) is 191 cm³/mol. The lowest BCUT2D eigenvalue weighted by Crippen LogP contribution is -2.40. The zero-order valence-corrected chi connectivity index (χ0v) is 30.2. The van der Waals surface area contributed by atoms with E-state index in [1.54, 1.807) is 0 Å². The highest BCUT2D eigenvalue weighted by molar-refractivity contribution is 4.80. The van der Waals surface area contributed by atoms with Crippen molar-refractivity contribution in [2.24, 2.45) is 0 Å². The third-order valence-electron chi connectivity index (χ3n) is 9.89. The Bertz CT molecular complexity index is 648. The summed E-state index contributed by atoms with van der Waals surface area (Å²) in [4.78, 5) is 27.3. The van der Waals surface area contributed by atoms with Gasteiger partial charge in [-0.2, -0.15) is 0 Å². The van der Waals surface area contributed by atoms with Gasteiger partial charge < -0.3 is 4.84 Å². The van der Waals surface area contributed by atoms with Gasteiger partial charge in [-0.1, -0.05) is 200 Å². The van der Waals surface area contributed by atoms with Crippen LogP contribution in [-0.2, 0) is 4.84 Å². The second-order valence-electron chi connectivity index (χ2n) is 14.0. The minimum atomic E-state index is -1.09. The van der Waals surface area contributed by atoms with Crippen LogP contribution in [0.25, 0.3) is 0 Å². The van der Waals surface area contributed by atoms with Gasteiger partial charge in [-0.15, -0.1) is 10.1 Å². The van der Waals surface area contributed by atoms with Crippen molar-refractivity contribution in [3.8, 4) is 0 Å². The molecule has 1 unspecified atom stereocenters. The Kier molecular flexibility index (Phi) is 32.9. The van der Waals surface area contributed by atoms with Crippen molar-refractivity contribution in [2.45, 2.75) is 238 Å². The molecule has 7 nitrogen and oxygen atoms in total. The first-order chi connectivity index (χ1) is 22.0. The van der Waals surface area contributed by atoms with E-state index in [1.165, 1.54) is 161 Å². The Labute approximate surface area is 279 Å². The lowest BCUT2D eigenvalue weighted by molar-refractivity contribution is -0.759. The van der Waals surface area contributed by atoms with Crippen LogP contribution >= 0.6 is 0 Å². The standard InChI is InChI=1S/C38H76N2O5/c1-3-5-7-9-11-13-15-17-18-19-20-21-23-25-27-29-31-33-35-38(39(41)42,36-37-45-40(43)44)34-32-30-28-26-24-22-16-14-12-10-8-6-4-2/h3-37H2,1-2H3. The van der Waals surface area contributed by atoms with Crippen molar-refractivity contribution >= 4 is 0 Å². The van der Waals surface area contributed by atoms with Gasteiger partial charge in [0.25, 0.3) is 5.09 Å². The summed E-state index contributed by atoms with van der Waals surface area (Å²) >= 11 is 0. The van der Waals surface area contributed by atoms with Gasteiger partial charge in [0.2, 0.25) is 5.54 Å². The Morgan fingerprint density at radius 3 is 0.867 bits per heavy atom. The zero-order chi connectivity index (χ0) is 33.1. The monoisotopic (exact) mass is 641 g/mol. The summed E-state index contributed by atoms with van der Waals surface area (Å²) in [5.74, 6) is 0. The fourth-order valence-electron chi connectivity index (χ4n) is 6.79. The van der Waals surface area contributed by atoms with E-state index in [4.69, 9.17) is 0 Å². The van der Waals surface area contributed by atoms with E-state index in [0.29, 0.717) is 12.8 Å². The molecule has 0 N–H and O–H groups in total. The molecule has 0 aromatic heterocycles. The topological polar surface area (TPSA) is 95.5 Å². The van der Waals surface area contributed by atoms with Gasteiger partial charge in [-0.25, -0.2) is 0 Å². The van der Waals surface area contributed by atoms with Crippen LogP contribution in [-0.4, -0.2) is 22.2 Å². The summed E-state index contributed by atoms with van der Waals surface area (Å²) in [5, 5.41) is 22.1. The number of hydrogen-bond donors (Lipinski definition) is 0. The third-order valence-corrected chi connectivity index (χ3v) is 9.89. The summed E-state index contributed by atoms with van der Waals surface area (Å²) in [6, 6.07) is 0. The fourth-order valence-corrected chi connectivity index (χ4v) is 6.79. The summed E-state index contributed by atoms with van der Waals surface area (Å²) in [5.41, 5.74) is -1.09. The maximum absolute atomic E-state index is 12.2. The van der Waals surface area contributed by atoms with Crippen LogP contribution in [0.3, 0.4) is 0 Å². The molecular formula is C38H76N2O5. The molecule has 0 amide bonds. The minimum Gasteiger partial charge on any atom is -0.314 e. The first-order valence-corrected chi connectivity index (χ1v) is 19.9. The molecule has 0 aliphatic carbocycles. The van der Waals surface area contributed by atoms with Crippen molar-refractivity contribution in [1.82, 2.24) is 0 Å². The molecule has 0 rings (SSSR count). The van der Waals surface area contributed by atoms with Crippen molar-refractivity contribution in [2.75, 3.05) is 6.61 Å². The zero-order valence-electron chi connectivity index (χ0n) is 30.2. The summed E-state index contributed by atoms with van der Waals surface area (Å²) in [7, 11) is 0. The molecule has 1 atom stereocenters. The summed E-state index contributed by atoms with van der Waals surface area (Å²) in [6.07, 6.45) is 40.6. The van der Waals surface area contributed by atoms with Gasteiger partial charge in [-0.05, 0) is 12.8 Å². The Morgan fingerprint density at radius 2 is 0.644 bits per heavy atom. The summed E-state index contributed by atoms with van der Waals surface area (Å²) in [6.45, 7) is 4.34. The van der Waals surface area contributed by atoms with Gasteiger partial charge in [0.05, 0.1) is 0 Å². The normalized spacial score (nSPS) is 12.8. The van der Waals surface area contributed by atoms with E-state index in [1.807, 2.05) is 0 Å². The molecule has 0 fully saturated rings. The lowest BCUT2D eigenvalue weighted by atomic mass is 9.84. The van der Waals surface area contributed by atoms with Crippen molar-refractivity contribution < 1.29 is 14.8 Å². The van der Waals surface area contributed by atoms with E-state index >= 15 is 0 Å². The largest absolute Gasteiger partial charge is 0.314 e. The van der Waals surface area contributed by atoms with E-state index in [0.717, 1.165) is 38.5 Å². The number of unbranched alkanes of at least 4 members (excludes halogenated alkanes) is 29. The van der Waals surface area contributed by atoms with E-state index in [9.17, 15) is 20.2 Å². The molecule has 0 saturated heterocycles. The molecule has 0 aromatic carbocycles. The second-order valence-corrected chi connectivity index (χ2v) is 14.0. The highest BCUT2D eigenvalue weighted by atomic mass is 16.9. The van der Waals surface area contributed by atoms with E-state index < -0.39 is 10.6 Å². The van der Waals surface area contributed by atoms with Crippen LogP contribution < -0.4 is 0 Å². The lowest BCUT2D eigenvalue weighted by Gasteiger charge is -2.25. The molecule has 0 aromatic rings. The molecule has 0 radical (unpaired) electrons. The molecule has 7 heteroatoms. The van der Waals surface area contributed by atoms with E-state index in [-0.39, 0.29) is 18.0 Å². The molecule has 0 bridgehead atoms. The smallest absolute Gasteiger partial charge is 0.294 e. The molecule has 0 heterocycles. The van der Waals surface area contributed by atoms with Gasteiger partial charge >= 0.3 is 0 Å². The highest BCUT2D eigenvalue weighted by Gasteiger charge is 2.41. The van der Waals surface area contributed by atoms with Gasteiger partial charge in [0.1, 0.15) is 6.61 Å². The Balaban J connectivity index is 4.02. The quantitative estimate of drug-likeness (QED) is 0.0380. The van der Waals surface area contributed by atoms with Gasteiger partial charge in [-0.3, -0.25) is 10.1 Å². The van der Waals surface area contributed by atoms with E-state index in [2.05, 4.69) is 18.7 Å². The van der Waals surface area contributed by atoms with Gasteiger partial charge in [0.15, 0.2) is 0 Å². The molecule has 0 aliphatic rings. The number of rotatable bonds is 38. The van der Waals surface area contributed by atoms with Crippen LogP contribution in [0.15, 0.2) is 0 Å². The average molecular weight is 641 g/mol. The van der Waals surface area contributed by atoms with Crippen LogP contribution in [0, 0.1) is 20.2 Å². The van der Waals surface area contributed by atoms with Crippen molar-refractivity contribution in [3.05, 3.63) is 20.2 Å². The number of hydrogen-bond acceptors (Lipinski definition) is 5. The first-order valence-electron chi connectivity index (χ1n) is 19.9. The van der Waals surface area contributed by atoms with Crippen molar-refractivity contribution in [1.29, 1.82) is 0 Å². The molecule has 0 saturated carbocycles. The maximum atomic E-state index is 12.2. The average Bonchev–Trinajstić information content (AvgIpc) is 3.02.